The van der Waals surface area contributed by atoms with Gasteiger partial charge in [0.05, 0.1) is 17.7 Å². The number of nitrogens with zero attached hydrogens (tertiary/aromatic N) is 3. The highest BCUT2D eigenvalue weighted by atomic mass is 16.3. The van der Waals surface area contributed by atoms with E-state index in [1.54, 1.807) is 12.1 Å². The van der Waals surface area contributed by atoms with Crippen molar-refractivity contribution in [2.45, 2.75) is 13.0 Å². The van der Waals surface area contributed by atoms with Gasteiger partial charge in [-0.3, -0.25) is 0 Å². The number of aryl methyl sites for hydroxylation is 1. The fraction of sp³-hybridized carbons (Fsp3) is 0.400. The predicted octanol–water partition coefficient (Wildman–Crippen LogP) is 0.443. The quantitative estimate of drug-likeness (QED) is 0.696. The number of rotatable bonds is 1. The van der Waals surface area contributed by atoms with E-state index in [-0.39, 0.29) is 6.10 Å². The molecule has 0 aliphatic carbocycles. The molecule has 0 amide bonds. The third-order valence-electron chi connectivity index (χ3n) is 2.26. The topological polar surface area (TPSA) is 60.2 Å². The van der Waals surface area contributed by atoms with E-state index in [2.05, 4.69) is 11.1 Å². The van der Waals surface area contributed by atoms with Gasteiger partial charge in [0.1, 0.15) is 5.82 Å². The molecule has 0 bridgehead atoms. The molecule has 4 heteroatoms. The van der Waals surface area contributed by atoms with Crippen LogP contribution in [0.25, 0.3) is 0 Å². The smallest absolute Gasteiger partial charge is 0.130 e. The summed E-state index contributed by atoms with van der Waals surface area (Å²) in [7, 11) is 0. The first kappa shape index (κ1) is 8.97. The second-order valence-electron chi connectivity index (χ2n) is 3.53. The van der Waals surface area contributed by atoms with Gasteiger partial charge in [0.15, 0.2) is 0 Å². The monoisotopic (exact) mass is 189 g/mol. The van der Waals surface area contributed by atoms with Crippen molar-refractivity contribution in [2.75, 3.05) is 18.0 Å². The first-order valence-corrected chi connectivity index (χ1v) is 4.51. The molecule has 1 aliphatic heterocycles. The maximum atomic E-state index is 9.14. The first-order valence-electron chi connectivity index (χ1n) is 4.51. The molecule has 0 radical (unpaired) electrons. The van der Waals surface area contributed by atoms with E-state index in [0.29, 0.717) is 18.7 Å². The summed E-state index contributed by atoms with van der Waals surface area (Å²) in [6, 6.07) is 5.59. The molecule has 2 rings (SSSR count). The zero-order valence-corrected chi connectivity index (χ0v) is 7.94. The van der Waals surface area contributed by atoms with Crippen molar-refractivity contribution in [1.29, 1.82) is 5.26 Å². The van der Waals surface area contributed by atoms with Crippen LogP contribution in [0.4, 0.5) is 5.82 Å². The van der Waals surface area contributed by atoms with Crippen LogP contribution >= 0.6 is 0 Å². The van der Waals surface area contributed by atoms with Crippen molar-refractivity contribution in [2.24, 2.45) is 0 Å². The molecular weight excluding hydrogens is 178 g/mol. The molecule has 0 atom stereocenters. The molecule has 0 unspecified atom stereocenters. The number of pyridine rings is 1. The molecule has 1 aromatic rings. The number of anilines is 1. The van der Waals surface area contributed by atoms with Crippen LogP contribution < -0.4 is 4.90 Å². The second-order valence-corrected chi connectivity index (χ2v) is 3.53. The Morgan fingerprint density at radius 1 is 1.57 bits per heavy atom. The van der Waals surface area contributed by atoms with E-state index in [1.807, 2.05) is 11.8 Å². The zero-order valence-electron chi connectivity index (χ0n) is 7.94. The van der Waals surface area contributed by atoms with Gasteiger partial charge in [0.25, 0.3) is 0 Å². The molecule has 1 aromatic heterocycles. The van der Waals surface area contributed by atoms with Crippen LogP contribution in [-0.4, -0.2) is 29.3 Å². The lowest BCUT2D eigenvalue weighted by molar-refractivity contribution is 0.141. The van der Waals surface area contributed by atoms with E-state index in [9.17, 15) is 0 Å². The number of hydrogen-bond acceptors (Lipinski definition) is 4. The lowest BCUT2D eigenvalue weighted by atomic mass is 10.1. The Morgan fingerprint density at radius 2 is 2.29 bits per heavy atom. The first-order chi connectivity index (χ1) is 6.69. The van der Waals surface area contributed by atoms with Crippen molar-refractivity contribution in [3.05, 3.63) is 23.4 Å². The standard InChI is InChI=1S/C10H11N3O/c1-7-2-8(4-11)3-10(12-7)13-5-9(14)6-13/h2-3,9,14H,5-6H2,1H3. The lowest BCUT2D eigenvalue weighted by Gasteiger charge is -2.37. The molecule has 0 spiro atoms. The molecule has 2 heterocycles. The lowest BCUT2D eigenvalue weighted by Crippen LogP contribution is -2.51. The molecule has 0 aromatic carbocycles. The van der Waals surface area contributed by atoms with Crippen molar-refractivity contribution in [3.63, 3.8) is 0 Å². The minimum absolute atomic E-state index is 0.247. The summed E-state index contributed by atoms with van der Waals surface area (Å²) in [4.78, 5) is 6.26. The normalized spacial score (nSPS) is 16.2. The van der Waals surface area contributed by atoms with E-state index < -0.39 is 0 Å². The minimum atomic E-state index is -0.247. The highest BCUT2D eigenvalue weighted by Gasteiger charge is 2.25. The summed E-state index contributed by atoms with van der Waals surface area (Å²) < 4.78 is 0. The number of aliphatic hydroxyl groups is 1. The van der Waals surface area contributed by atoms with Gasteiger partial charge < -0.3 is 10.0 Å². The Morgan fingerprint density at radius 3 is 2.86 bits per heavy atom. The molecule has 1 fully saturated rings. The van der Waals surface area contributed by atoms with E-state index in [4.69, 9.17) is 10.4 Å². The highest BCUT2D eigenvalue weighted by molar-refractivity contribution is 5.48. The van der Waals surface area contributed by atoms with Crippen molar-refractivity contribution < 1.29 is 5.11 Å². The van der Waals surface area contributed by atoms with Crippen LogP contribution in [0.1, 0.15) is 11.3 Å². The molecule has 14 heavy (non-hydrogen) atoms. The predicted molar refractivity (Wildman–Crippen MR) is 51.9 cm³/mol. The molecule has 0 saturated carbocycles. The van der Waals surface area contributed by atoms with Gasteiger partial charge in [-0.2, -0.15) is 5.26 Å². The molecule has 72 valence electrons. The SMILES string of the molecule is Cc1cc(C#N)cc(N2CC(O)C2)n1. The minimum Gasteiger partial charge on any atom is -0.389 e. The van der Waals surface area contributed by atoms with Crippen LogP contribution in [0.5, 0.6) is 0 Å². The number of aliphatic hydroxyl groups excluding tert-OH is 1. The second kappa shape index (κ2) is 3.28. The maximum Gasteiger partial charge on any atom is 0.130 e. The van der Waals surface area contributed by atoms with E-state index >= 15 is 0 Å². The fourth-order valence-corrected chi connectivity index (χ4v) is 1.52. The Bertz CT molecular complexity index is 391. The summed E-state index contributed by atoms with van der Waals surface area (Å²) >= 11 is 0. The van der Waals surface area contributed by atoms with Crippen molar-refractivity contribution >= 4 is 5.82 Å². The summed E-state index contributed by atoms with van der Waals surface area (Å²) in [5.41, 5.74) is 1.45. The van der Waals surface area contributed by atoms with Crippen molar-refractivity contribution in [3.8, 4) is 6.07 Å². The van der Waals surface area contributed by atoms with Gasteiger partial charge in [-0.25, -0.2) is 4.98 Å². The van der Waals surface area contributed by atoms with E-state index in [0.717, 1.165) is 11.5 Å². The summed E-state index contributed by atoms with van der Waals surface area (Å²) in [5.74, 6) is 0.784. The third-order valence-corrected chi connectivity index (χ3v) is 2.26. The zero-order chi connectivity index (χ0) is 10.1. The summed E-state index contributed by atoms with van der Waals surface area (Å²) in [6.45, 7) is 3.09. The largest absolute Gasteiger partial charge is 0.389 e. The fourth-order valence-electron chi connectivity index (χ4n) is 1.52. The number of aromatic nitrogens is 1. The highest BCUT2D eigenvalue weighted by Crippen LogP contribution is 2.20. The Hall–Kier alpha value is -1.60. The van der Waals surface area contributed by atoms with Crippen LogP contribution in [-0.2, 0) is 0 Å². The van der Waals surface area contributed by atoms with Gasteiger partial charge in [0.2, 0.25) is 0 Å². The van der Waals surface area contributed by atoms with Gasteiger partial charge in [-0.15, -0.1) is 0 Å². The Labute approximate surface area is 82.4 Å². The molecule has 4 nitrogen and oxygen atoms in total. The number of β-amino-alcohol motifs (C(OH)–C–C–N with tert-alkyl or cyclic N) is 1. The van der Waals surface area contributed by atoms with Gasteiger partial charge in [-0.05, 0) is 19.1 Å². The maximum absolute atomic E-state index is 9.14. The van der Waals surface area contributed by atoms with Crippen LogP contribution in [0.2, 0.25) is 0 Å². The molecular formula is C10H11N3O. The molecule has 1 N–H and O–H groups in total. The summed E-state index contributed by atoms with van der Waals surface area (Å²) in [6.07, 6.45) is -0.247. The Balaban J connectivity index is 2.26. The molecule has 1 aliphatic rings. The average Bonchev–Trinajstić information content (AvgIpc) is 2.12. The van der Waals surface area contributed by atoms with Crippen LogP contribution in [0, 0.1) is 18.3 Å². The summed E-state index contributed by atoms with van der Waals surface area (Å²) in [5, 5.41) is 17.9. The van der Waals surface area contributed by atoms with Crippen molar-refractivity contribution in [1.82, 2.24) is 4.98 Å². The van der Waals surface area contributed by atoms with Crippen LogP contribution in [0.3, 0.4) is 0 Å². The average molecular weight is 189 g/mol. The number of hydrogen-bond donors (Lipinski definition) is 1. The van der Waals surface area contributed by atoms with Crippen LogP contribution in [0.15, 0.2) is 12.1 Å². The van der Waals surface area contributed by atoms with Gasteiger partial charge in [0, 0.05) is 18.8 Å². The third kappa shape index (κ3) is 1.54. The van der Waals surface area contributed by atoms with E-state index in [1.165, 1.54) is 0 Å². The van der Waals surface area contributed by atoms with Gasteiger partial charge >= 0.3 is 0 Å². The van der Waals surface area contributed by atoms with Gasteiger partial charge in [-0.1, -0.05) is 0 Å². The Kier molecular flexibility index (Phi) is 2.10. The number of nitriles is 1. The molecule has 1 saturated heterocycles.